The molecule has 4 nitrogen and oxygen atoms in total. The van der Waals surface area contributed by atoms with Crippen LogP contribution in [-0.2, 0) is 4.79 Å². The molecule has 1 amide bonds. The number of allylic oxidation sites excluding steroid dienone is 1. The molecule has 1 unspecified atom stereocenters. The minimum atomic E-state index is -0.987. The van der Waals surface area contributed by atoms with Crippen LogP contribution in [0.25, 0.3) is 0 Å². The minimum Gasteiger partial charge on any atom is -0.465 e. The maximum atomic E-state index is 11.6. The van der Waals surface area contributed by atoms with E-state index in [-0.39, 0.29) is 5.78 Å². The maximum Gasteiger partial charge on any atom is 0.407 e. The highest BCUT2D eigenvalue weighted by molar-refractivity contribution is 5.87. The third-order valence-corrected chi connectivity index (χ3v) is 2.47. The van der Waals surface area contributed by atoms with Crippen molar-refractivity contribution in [3.8, 4) is 0 Å². The smallest absolute Gasteiger partial charge is 0.407 e. The lowest BCUT2D eigenvalue weighted by Crippen LogP contribution is -2.39. The van der Waals surface area contributed by atoms with E-state index in [0.717, 1.165) is 6.42 Å². The van der Waals surface area contributed by atoms with Gasteiger partial charge in [-0.05, 0) is 19.3 Å². The molecule has 0 radical (unpaired) electrons. The predicted molar refractivity (Wildman–Crippen MR) is 52.2 cm³/mol. The van der Waals surface area contributed by atoms with Crippen molar-refractivity contribution in [2.45, 2.75) is 31.7 Å². The standard InChI is InChI=1S/C10H15NO3/c1-2-3-6-9(12)8-5-4-7-11(8)10(13)14/h2,8H,1,3-7H2,(H,13,14). The molecule has 0 spiro atoms. The first-order valence-electron chi connectivity index (χ1n) is 4.80. The summed E-state index contributed by atoms with van der Waals surface area (Å²) in [5.41, 5.74) is 0. The average molecular weight is 197 g/mol. The lowest BCUT2D eigenvalue weighted by atomic mass is 10.1. The molecule has 0 saturated carbocycles. The Hall–Kier alpha value is -1.32. The molecule has 1 heterocycles. The van der Waals surface area contributed by atoms with Crippen LogP contribution in [0.1, 0.15) is 25.7 Å². The molecule has 1 aliphatic heterocycles. The third kappa shape index (κ3) is 2.34. The van der Waals surface area contributed by atoms with Crippen molar-refractivity contribution in [2.24, 2.45) is 0 Å². The summed E-state index contributed by atoms with van der Waals surface area (Å²) in [6.45, 7) is 4.02. The molecule has 1 fully saturated rings. The van der Waals surface area contributed by atoms with Crippen LogP contribution in [0.15, 0.2) is 12.7 Å². The second-order valence-electron chi connectivity index (χ2n) is 3.43. The number of amides is 1. The normalized spacial score (nSPS) is 20.9. The van der Waals surface area contributed by atoms with E-state index in [4.69, 9.17) is 5.11 Å². The third-order valence-electron chi connectivity index (χ3n) is 2.47. The van der Waals surface area contributed by atoms with Crippen LogP contribution in [0.5, 0.6) is 0 Å². The number of ketones is 1. The highest BCUT2D eigenvalue weighted by Gasteiger charge is 2.32. The summed E-state index contributed by atoms with van der Waals surface area (Å²) in [4.78, 5) is 23.6. The van der Waals surface area contributed by atoms with Gasteiger partial charge in [-0.3, -0.25) is 9.69 Å². The van der Waals surface area contributed by atoms with E-state index in [9.17, 15) is 9.59 Å². The summed E-state index contributed by atoms with van der Waals surface area (Å²) >= 11 is 0. The molecule has 78 valence electrons. The number of hydrogen-bond donors (Lipinski definition) is 1. The van der Waals surface area contributed by atoms with E-state index in [2.05, 4.69) is 6.58 Å². The summed E-state index contributed by atoms with van der Waals surface area (Å²) in [6, 6.07) is -0.410. The van der Waals surface area contributed by atoms with Crippen molar-refractivity contribution in [3.05, 3.63) is 12.7 Å². The Labute approximate surface area is 83.2 Å². The van der Waals surface area contributed by atoms with Gasteiger partial charge in [-0.15, -0.1) is 6.58 Å². The molecule has 0 bridgehead atoms. The van der Waals surface area contributed by atoms with Crippen LogP contribution < -0.4 is 0 Å². The number of hydrogen-bond acceptors (Lipinski definition) is 2. The largest absolute Gasteiger partial charge is 0.465 e. The van der Waals surface area contributed by atoms with E-state index in [0.29, 0.717) is 25.8 Å². The Kier molecular flexibility index (Phi) is 3.68. The van der Waals surface area contributed by atoms with Gasteiger partial charge >= 0.3 is 6.09 Å². The van der Waals surface area contributed by atoms with Gasteiger partial charge in [0.15, 0.2) is 5.78 Å². The fourth-order valence-corrected chi connectivity index (χ4v) is 1.74. The number of carbonyl (C=O) groups is 2. The SMILES string of the molecule is C=CCCC(=O)C1CCCN1C(=O)O. The van der Waals surface area contributed by atoms with Crippen molar-refractivity contribution in [3.63, 3.8) is 0 Å². The molecule has 14 heavy (non-hydrogen) atoms. The van der Waals surface area contributed by atoms with Crippen molar-refractivity contribution in [2.75, 3.05) is 6.54 Å². The lowest BCUT2D eigenvalue weighted by molar-refractivity contribution is -0.122. The number of Topliss-reactive ketones (excluding diaryl/α,β-unsaturated/α-hetero) is 1. The van der Waals surface area contributed by atoms with Gasteiger partial charge in [0.05, 0.1) is 6.04 Å². The maximum absolute atomic E-state index is 11.6. The summed E-state index contributed by atoms with van der Waals surface area (Å²) in [6.07, 6.45) is 3.18. The van der Waals surface area contributed by atoms with E-state index < -0.39 is 12.1 Å². The molecule has 1 saturated heterocycles. The van der Waals surface area contributed by atoms with Gasteiger partial charge in [0.25, 0.3) is 0 Å². The minimum absolute atomic E-state index is 0.0183. The Bertz CT molecular complexity index is 250. The highest BCUT2D eigenvalue weighted by atomic mass is 16.4. The molecule has 0 aliphatic carbocycles. The van der Waals surface area contributed by atoms with E-state index in [1.165, 1.54) is 4.90 Å². The first kappa shape index (κ1) is 10.8. The summed E-state index contributed by atoms with van der Waals surface area (Å²) in [5.74, 6) is 0.0183. The van der Waals surface area contributed by atoms with Crippen LogP contribution in [0.4, 0.5) is 4.79 Å². The number of nitrogens with zero attached hydrogens (tertiary/aromatic N) is 1. The molecule has 1 N–H and O–H groups in total. The van der Waals surface area contributed by atoms with Gasteiger partial charge in [0.2, 0.25) is 0 Å². The zero-order valence-electron chi connectivity index (χ0n) is 8.11. The van der Waals surface area contributed by atoms with Crippen molar-refractivity contribution in [1.29, 1.82) is 0 Å². The highest BCUT2D eigenvalue weighted by Crippen LogP contribution is 2.19. The Morgan fingerprint density at radius 1 is 1.57 bits per heavy atom. The molecule has 1 aliphatic rings. The van der Waals surface area contributed by atoms with E-state index in [1.807, 2.05) is 0 Å². The van der Waals surface area contributed by atoms with Crippen LogP contribution >= 0.6 is 0 Å². The second-order valence-corrected chi connectivity index (χ2v) is 3.43. The number of rotatable bonds is 4. The summed E-state index contributed by atoms with van der Waals surface area (Å²) < 4.78 is 0. The monoisotopic (exact) mass is 197 g/mol. The van der Waals surface area contributed by atoms with E-state index in [1.54, 1.807) is 6.08 Å². The second kappa shape index (κ2) is 4.79. The zero-order valence-corrected chi connectivity index (χ0v) is 8.11. The van der Waals surface area contributed by atoms with Crippen LogP contribution in [0.3, 0.4) is 0 Å². The van der Waals surface area contributed by atoms with Gasteiger partial charge in [-0.1, -0.05) is 6.08 Å². The Morgan fingerprint density at radius 3 is 2.86 bits per heavy atom. The summed E-state index contributed by atoms with van der Waals surface area (Å²) in [5, 5.41) is 8.81. The molecule has 0 aromatic rings. The fraction of sp³-hybridized carbons (Fsp3) is 0.600. The lowest BCUT2D eigenvalue weighted by Gasteiger charge is -2.19. The number of carbonyl (C=O) groups excluding carboxylic acids is 1. The Balaban J connectivity index is 2.53. The Morgan fingerprint density at radius 2 is 2.29 bits per heavy atom. The molecule has 0 aromatic heterocycles. The van der Waals surface area contributed by atoms with Gasteiger partial charge in [0.1, 0.15) is 0 Å². The molecule has 0 aromatic carbocycles. The molecular weight excluding hydrogens is 182 g/mol. The molecular formula is C10H15NO3. The van der Waals surface area contributed by atoms with Crippen LogP contribution in [0, 0.1) is 0 Å². The first-order chi connectivity index (χ1) is 6.66. The van der Waals surface area contributed by atoms with Crippen LogP contribution in [0.2, 0.25) is 0 Å². The molecule has 1 atom stereocenters. The number of likely N-dealkylation sites (tertiary alicyclic amines) is 1. The van der Waals surface area contributed by atoms with Crippen LogP contribution in [-0.4, -0.2) is 34.5 Å². The molecule has 4 heteroatoms. The van der Waals surface area contributed by atoms with E-state index >= 15 is 0 Å². The fourth-order valence-electron chi connectivity index (χ4n) is 1.74. The van der Waals surface area contributed by atoms with Gasteiger partial charge < -0.3 is 5.11 Å². The van der Waals surface area contributed by atoms with Crippen molar-refractivity contribution >= 4 is 11.9 Å². The first-order valence-corrected chi connectivity index (χ1v) is 4.80. The summed E-state index contributed by atoms with van der Waals surface area (Å²) in [7, 11) is 0. The van der Waals surface area contributed by atoms with Crippen molar-refractivity contribution < 1.29 is 14.7 Å². The zero-order chi connectivity index (χ0) is 10.6. The average Bonchev–Trinajstić information content (AvgIpc) is 2.62. The molecule has 1 rings (SSSR count). The topological polar surface area (TPSA) is 57.6 Å². The number of carboxylic acid groups (broad SMARTS) is 1. The van der Waals surface area contributed by atoms with Gasteiger partial charge in [-0.2, -0.15) is 0 Å². The predicted octanol–water partition coefficient (Wildman–Crippen LogP) is 1.66. The van der Waals surface area contributed by atoms with Crippen molar-refractivity contribution in [1.82, 2.24) is 4.90 Å². The van der Waals surface area contributed by atoms with Gasteiger partial charge in [-0.25, -0.2) is 4.79 Å². The van der Waals surface area contributed by atoms with Gasteiger partial charge in [0, 0.05) is 13.0 Å². The quantitative estimate of drug-likeness (QED) is 0.697.